The number of halogens is 1. The number of likely N-dealkylation sites (N-methyl/N-ethyl adjacent to an activating group) is 1. The lowest BCUT2D eigenvalue weighted by atomic mass is 10.0. The zero-order chi connectivity index (χ0) is 27.5. The van der Waals surface area contributed by atoms with Gasteiger partial charge in [0.05, 0.1) is 6.17 Å². The van der Waals surface area contributed by atoms with Crippen LogP contribution < -0.4 is 0 Å². The minimum atomic E-state index is 0. The molecule has 1 aliphatic rings. The van der Waals surface area contributed by atoms with Crippen molar-refractivity contribution in [2.75, 3.05) is 33.3 Å². The van der Waals surface area contributed by atoms with E-state index in [0.29, 0.717) is 19.2 Å². The van der Waals surface area contributed by atoms with E-state index in [4.69, 9.17) is 4.74 Å². The molecule has 1 unspecified atom stereocenters. The Morgan fingerprint density at radius 2 is 1.03 bits per heavy atom. The van der Waals surface area contributed by atoms with Gasteiger partial charge in [-0.25, -0.2) is 0 Å². The Morgan fingerprint density at radius 1 is 0.615 bits per heavy atom. The molecule has 0 radical (unpaired) electrons. The van der Waals surface area contributed by atoms with E-state index in [1.54, 1.807) is 0 Å². The summed E-state index contributed by atoms with van der Waals surface area (Å²) in [4.78, 5) is 17.2. The standard InChI is InChI=1S/C34H68N2O2.ClH/c1-4-6-8-10-12-14-16-17-18-19-21-23-25-27-33-35(3)29-30-36(33)31-32-38-34(37)28-26-24-22-20-15-13-11-9-7-5-2;/h33H,4-32H2,1-3H3;1H. The SMILES string of the molecule is CCCCCCCCCCCCCCCC1N(C)CCN1CCOC(=O)CCCCCCCCCCCC.Cl. The first-order chi connectivity index (χ1) is 18.7. The van der Waals surface area contributed by atoms with E-state index in [1.807, 2.05) is 0 Å². The summed E-state index contributed by atoms with van der Waals surface area (Å²) < 4.78 is 5.59. The Balaban J connectivity index is 0.0000144. The van der Waals surface area contributed by atoms with Crippen molar-refractivity contribution in [1.82, 2.24) is 9.80 Å². The molecule has 0 aromatic heterocycles. The monoisotopic (exact) mass is 573 g/mol. The third-order valence-corrected chi connectivity index (χ3v) is 8.61. The second kappa shape index (κ2) is 29.2. The first-order valence-electron chi connectivity index (χ1n) is 17.3. The van der Waals surface area contributed by atoms with E-state index in [0.717, 1.165) is 26.1 Å². The first kappa shape index (κ1) is 38.7. The lowest BCUT2D eigenvalue weighted by Gasteiger charge is -2.28. The lowest BCUT2D eigenvalue weighted by molar-refractivity contribution is -0.144. The maximum absolute atomic E-state index is 12.2. The zero-order valence-electron chi connectivity index (χ0n) is 26.7. The van der Waals surface area contributed by atoms with Gasteiger partial charge in [-0.05, 0) is 19.9 Å². The molecule has 1 rings (SSSR count). The number of rotatable bonds is 28. The smallest absolute Gasteiger partial charge is 0.305 e. The van der Waals surface area contributed by atoms with Crippen molar-refractivity contribution < 1.29 is 9.53 Å². The molecule has 0 N–H and O–H groups in total. The number of carbonyl (C=O) groups excluding carboxylic acids is 1. The number of hydrogen-bond acceptors (Lipinski definition) is 4. The van der Waals surface area contributed by atoms with Crippen molar-refractivity contribution in [3.05, 3.63) is 0 Å². The van der Waals surface area contributed by atoms with E-state index in [-0.39, 0.29) is 18.4 Å². The maximum atomic E-state index is 12.2. The van der Waals surface area contributed by atoms with Gasteiger partial charge in [-0.1, -0.05) is 155 Å². The van der Waals surface area contributed by atoms with Crippen LogP contribution in [-0.4, -0.2) is 55.2 Å². The van der Waals surface area contributed by atoms with Crippen LogP contribution in [0.15, 0.2) is 0 Å². The number of ether oxygens (including phenoxy) is 1. The van der Waals surface area contributed by atoms with Crippen molar-refractivity contribution in [1.29, 1.82) is 0 Å². The summed E-state index contributed by atoms with van der Waals surface area (Å²) in [5.41, 5.74) is 0. The van der Waals surface area contributed by atoms with E-state index in [9.17, 15) is 4.79 Å². The second-order valence-electron chi connectivity index (χ2n) is 12.2. The molecular weight excluding hydrogens is 504 g/mol. The van der Waals surface area contributed by atoms with Crippen molar-refractivity contribution in [3.63, 3.8) is 0 Å². The number of unbranched alkanes of at least 4 members (excludes halogenated alkanes) is 21. The summed E-state index contributed by atoms with van der Waals surface area (Å²) in [7, 11) is 2.25. The summed E-state index contributed by atoms with van der Waals surface area (Å²) in [5.74, 6) is 0.00478. The van der Waals surface area contributed by atoms with Crippen LogP contribution in [0.1, 0.15) is 174 Å². The van der Waals surface area contributed by atoms with Gasteiger partial charge in [-0.2, -0.15) is 0 Å². The highest BCUT2D eigenvalue weighted by molar-refractivity contribution is 5.85. The van der Waals surface area contributed by atoms with Crippen LogP contribution in [0, 0.1) is 0 Å². The quantitative estimate of drug-likeness (QED) is 0.0689. The summed E-state index contributed by atoms with van der Waals surface area (Å²) in [5, 5.41) is 0. The summed E-state index contributed by atoms with van der Waals surface area (Å²) in [6.07, 6.45) is 33.7. The third kappa shape index (κ3) is 23.0. The Kier molecular flexibility index (Phi) is 28.9. The molecule has 4 nitrogen and oxygen atoms in total. The highest BCUT2D eigenvalue weighted by Gasteiger charge is 2.28. The predicted octanol–water partition coefficient (Wildman–Crippen LogP) is 10.3. The van der Waals surface area contributed by atoms with E-state index in [2.05, 4.69) is 30.7 Å². The third-order valence-electron chi connectivity index (χ3n) is 8.61. The minimum absolute atomic E-state index is 0. The van der Waals surface area contributed by atoms with Gasteiger partial charge < -0.3 is 4.74 Å². The van der Waals surface area contributed by atoms with Crippen LogP contribution in [0.25, 0.3) is 0 Å². The number of nitrogens with zero attached hydrogens (tertiary/aromatic N) is 2. The van der Waals surface area contributed by atoms with Crippen LogP contribution in [0.2, 0.25) is 0 Å². The van der Waals surface area contributed by atoms with Gasteiger partial charge in [-0.3, -0.25) is 14.6 Å². The molecule has 0 aromatic rings. The molecule has 1 atom stereocenters. The molecule has 0 bridgehead atoms. The number of hydrogen-bond donors (Lipinski definition) is 0. The molecular formula is C34H69ClN2O2. The fourth-order valence-electron chi connectivity index (χ4n) is 5.98. The average Bonchev–Trinajstić information content (AvgIpc) is 3.26. The van der Waals surface area contributed by atoms with Crippen LogP contribution in [0.5, 0.6) is 0 Å². The van der Waals surface area contributed by atoms with E-state index in [1.165, 1.54) is 148 Å². The topological polar surface area (TPSA) is 32.8 Å². The molecule has 5 heteroatoms. The highest BCUT2D eigenvalue weighted by atomic mass is 35.5. The molecule has 1 aliphatic heterocycles. The van der Waals surface area contributed by atoms with Gasteiger partial charge in [0.1, 0.15) is 6.61 Å². The number of esters is 1. The van der Waals surface area contributed by atoms with Gasteiger partial charge in [0.25, 0.3) is 0 Å². The molecule has 0 aliphatic carbocycles. The van der Waals surface area contributed by atoms with E-state index < -0.39 is 0 Å². The summed E-state index contributed by atoms with van der Waals surface area (Å²) >= 11 is 0. The van der Waals surface area contributed by atoms with Crippen molar-refractivity contribution in [2.24, 2.45) is 0 Å². The Hall–Kier alpha value is -0.320. The molecule has 0 saturated carbocycles. The van der Waals surface area contributed by atoms with Crippen LogP contribution in [0.3, 0.4) is 0 Å². The molecule has 0 amide bonds. The van der Waals surface area contributed by atoms with Crippen molar-refractivity contribution in [2.45, 2.75) is 181 Å². The highest BCUT2D eigenvalue weighted by Crippen LogP contribution is 2.20. The molecule has 234 valence electrons. The van der Waals surface area contributed by atoms with Crippen LogP contribution in [-0.2, 0) is 9.53 Å². The van der Waals surface area contributed by atoms with Gasteiger partial charge in [-0.15, -0.1) is 12.4 Å². The molecule has 1 fully saturated rings. The van der Waals surface area contributed by atoms with Crippen LogP contribution >= 0.6 is 12.4 Å². The Morgan fingerprint density at radius 3 is 1.49 bits per heavy atom. The molecule has 0 spiro atoms. The normalized spacial score (nSPS) is 16.0. The van der Waals surface area contributed by atoms with Gasteiger partial charge in [0.2, 0.25) is 0 Å². The zero-order valence-corrected chi connectivity index (χ0v) is 27.5. The Labute approximate surface area is 251 Å². The molecule has 0 aromatic carbocycles. The fraction of sp³-hybridized carbons (Fsp3) is 0.971. The minimum Gasteiger partial charge on any atom is -0.464 e. The Bertz CT molecular complexity index is 519. The van der Waals surface area contributed by atoms with Gasteiger partial charge in [0, 0.05) is 26.1 Å². The number of carbonyl (C=O) groups is 1. The van der Waals surface area contributed by atoms with Crippen molar-refractivity contribution >= 4 is 18.4 Å². The fourth-order valence-corrected chi connectivity index (χ4v) is 5.98. The lowest BCUT2D eigenvalue weighted by Crippen LogP contribution is -2.38. The van der Waals surface area contributed by atoms with Crippen LogP contribution in [0.4, 0.5) is 0 Å². The van der Waals surface area contributed by atoms with Gasteiger partial charge in [0.15, 0.2) is 0 Å². The molecule has 1 heterocycles. The maximum Gasteiger partial charge on any atom is 0.305 e. The summed E-state index contributed by atoms with van der Waals surface area (Å²) in [6.45, 7) is 8.25. The van der Waals surface area contributed by atoms with Crippen molar-refractivity contribution in [3.8, 4) is 0 Å². The largest absolute Gasteiger partial charge is 0.464 e. The summed E-state index contributed by atoms with van der Waals surface area (Å²) in [6, 6.07) is 0. The van der Waals surface area contributed by atoms with Gasteiger partial charge >= 0.3 is 5.97 Å². The van der Waals surface area contributed by atoms with E-state index >= 15 is 0 Å². The average molecular weight is 573 g/mol. The predicted molar refractivity (Wildman–Crippen MR) is 173 cm³/mol. The first-order valence-corrected chi connectivity index (χ1v) is 17.3. The molecule has 39 heavy (non-hydrogen) atoms. The second-order valence-corrected chi connectivity index (χ2v) is 12.2. The molecule has 1 saturated heterocycles.